The van der Waals surface area contributed by atoms with E-state index in [4.69, 9.17) is 4.74 Å². The first-order valence-corrected chi connectivity index (χ1v) is 7.67. The summed E-state index contributed by atoms with van der Waals surface area (Å²) in [7, 11) is 1.55. The standard InChI is InChI=1S/C18H16F2N2O3/c1-25-16-4-2-15(3-5-16)22-10-11(6-17(22)23)18(24)21-14-8-12(19)7-13(20)9-14/h2-5,7-9,11H,6,10H2,1H3,(H,21,24). The van der Waals surface area contributed by atoms with Crippen molar-refractivity contribution in [2.24, 2.45) is 5.92 Å². The second kappa shape index (κ2) is 6.88. The van der Waals surface area contributed by atoms with Gasteiger partial charge in [0.25, 0.3) is 0 Å². The Bertz CT molecular complexity index is 788. The fourth-order valence-electron chi connectivity index (χ4n) is 2.77. The summed E-state index contributed by atoms with van der Waals surface area (Å²) in [4.78, 5) is 26.0. The summed E-state index contributed by atoms with van der Waals surface area (Å²) in [5.41, 5.74) is 0.691. The first-order valence-electron chi connectivity index (χ1n) is 7.67. The van der Waals surface area contributed by atoms with Gasteiger partial charge >= 0.3 is 0 Å². The van der Waals surface area contributed by atoms with E-state index in [9.17, 15) is 18.4 Å². The molecule has 1 aliphatic heterocycles. The number of carbonyl (C=O) groups excluding carboxylic acids is 2. The quantitative estimate of drug-likeness (QED) is 0.926. The van der Waals surface area contributed by atoms with Gasteiger partial charge in [-0.15, -0.1) is 0 Å². The van der Waals surface area contributed by atoms with Crippen LogP contribution in [0.1, 0.15) is 6.42 Å². The van der Waals surface area contributed by atoms with E-state index in [1.807, 2.05) is 0 Å². The molecule has 1 unspecified atom stereocenters. The van der Waals surface area contributed by atoms with Crippen LogP contribution in [0.15, 0.2) is 42.5 Å². The van der Waals surface area contributed by atoms with Crippen molar-refractivity contribution < 1.29 is 23.1 Å². The van der Waals surface area contributed by atoms with Crippen LogP contribution in [-0.4, -0.2) is 25.5 Å². The maximum Gasteiger partial charge on any atom is 0.229 e. The molecule has 7 heteroatoms. The lowest BCUT2D eigenvalue weighted by Gasteiger charge is -2.17. The molecule has 0 saturated carbocycles. The highest BCUT2D eigenvalue weighted by atomic mass is 19.1. The molecule has 1 N–H and O–H groups in total. The Morgan fingerprint density at radius 3 is 2.40 bits per heavy atom. The maximum absolute atomic E-state index is 13.2. The van der Waals surface area contributed by atoms with E-state index >= 15 is 0 Å². The van der Waals surface area contributed by atoms with Gasteiger partial charge in [0.1, 0.15) is 17.4 Å². The summed E-state index contributed by atoms with van der Waals surface area (Å²) in [6.07, 6.45) is 0.0374. The van der Waals surface area contributed by atoms with E-state index in [-0.39, 0.29) is 24.6 Å². The Kier molecular flexibility index (Phi) is 4.65. The number of anilines is 2. The van der Waals surface area contributed by atoms with Crippen LogP contribution in [0.5, 0.6) is 5.75 Å². The third kappa shape index (κ3) is 3.76. The van der Waals surface area contributed by atoms with Crippen molar-refractivity contribution in [3.8, 4) is 5.75 Å². The minimum absolute atomic E-state index is 0.0258. The number of ether oxygens (including phenoxy) is 1. The molecular weight excluding hydrogens is 330 g/mol. The molecule has 0 bridgehead atoms. The van der Waals surface area contributed by atoms with E-state index in [0.717, 1.165) is 18.2 Å². The third-order valence-electron chi connectivity index (χ3n) is 4.01. The van der Waals surface area contributed by atoms with Crippen molar-refractivity contribution in [3.63, 3.8) is 0 Å². The molecule has 0 radical (unpaired) electrons. The summed E-state index contributed by atoms with van der Waals surface area (Å²) in [5.74, 6) is -2.13. The second-order valence-electron chi connectivity index (χ2n) is 5.75. The molecule has 1 fully saturated rings. The Balaban J connectivity index is 1.69. The van der Waals surface area contributed by atoms with Crippen LogP contribution in [0.25, 0.3) is 0 Å². The lowest BCUT2D eigenvalue weighted by Crippen LogP contribution is -2.28. The minimum atomic E-state index is -0.780. The molecular formula is C18H16F2N2O3. The fourth-order valence-corrected chi connectivity index (χ4v) is 2.77. The highest BCUT2D eigenvalue weighted by Gasteiger charge is 2.35. The van der Waals surface area contributed by atoms with Crippen LogP contribution in [0, 0.1) is 17.6 Å². The van der Waals surface area contributed by atoms with Gasteiger partial charge in [0.15, 0.2) is 0 Å². The zero-order chi connectivity index (χ0) is 18.0. The van der Waals surface area contributed by atoms with Gasteiger partial charge in [-0.3, -0.25) is 9.59 Å². The first kappa shape index (κ1) is 16.9. The van der Waals surface area contributed by atoms with Crippen molar-refractivity contribution in [3.05, 3.63) is 54.1 Å². The number of nitrogens with one attached hydrogen (secondary N) is 1. The molecule has 1 atom stereocenters. The molecule has 1 saturated heterocycles. The van der Waals surface area contributed by atoms with Crippen molar-refractivity contribution in [2.75, 3.05) is 23.9 Å². The summed E-state index contributed by atoms with van der Waals surface area (Å²) in [6.45, 7) is 0.203. The summed E-state index contributed by atoms with van der Waals surface area (Å²) in [6, 6.07) is 9.70. The van der Waals surface area contributed by atoms with E-state index in [1.54, 1.807) is 31.4 Å². The lowest BCUT2D eigenvalue weighted by atomic mass is 10.1. The average Bonchev–Trinajstić information content (AvgIpc) is 2.96. The topological polar surface area (TPSA) is 58.6 Å². The Morgan fingerprint density at radius 1 is 1.16 bits per heavy atom. The van der Waals surface area contributed by atoms with Crippen LogP contribution in [-0.2, 0) is 9.59 Å². The van der Waals surface area contributed by atoms with Gasteiger partial charge < -0.3 is 15.0 Å². The van der Waals surface area contributed by atoms with Crippen molar-refractivity contribution in [1.82, 2.24) is 0 Å². The van der Waals surface area contributed by atoms with Gasteiger partial charge in [0, 0.05) is 30.4 Å². The number of halogens is 2. The van der Waals surface area contributed by atoms with E-state index < -0.39 is 23.5 Å². The zero-order valence-electron chi connectivity index (χ0n) is 13.5. The number of methoxy groups -OCH3 is 1. The summed E-state index contributed by atoms with van der Waals surface area (Å²) < 4.78 is 31.5. The van der Waals surface area contributed by atoms with Crippen LogP contribution in [0.2, 0.25) is 0 Å². The minimum Gasteiger partial charge on any atom is -0.497 e. The number of hydrogen-bond acceptors (Lipinski definition) is 3. The molecule has 2 amide bonds. The van der Waals surface area contributed by atoms with Gasteiger partial charge in [-0.05, 0) is 36.4 Å². The largest absolute Gasteiger partial charge is 0.497 e. The lowest BCUT2D eigenvalue weighted by molar-refractivity contribution is -0.122. The molecule has 1 aliphatic rings. The van der Waals surface area contributed by atoms with E-state index in [0.29, 0.717) is 11.4 Å². The zero-order valence-corrected chi connectivity index (χ0v) is 13.5. The maximum atomic E-state index is 13.2. The van der Waals surface area contributed by atoms with E-state index in [2.05, 4.69) is 5.32 Å². The molecule has 2 aromatic carbocycles. The molecule has 2 aromatic rings. The van der Waals surface area contributed by atoms with Gasteiger partial charge in [0.2, 0.25) is 11.8 Å². The number of carbonyl (C=O) groups is 2. The Labute approximate surface area is 143 Å². The van der Waals surface area contributed by atoms with Gasteiger partial charge in [-0.2, -0.15) is 0 Å². The van der Waals surface area contributed by atoms with Gasteiger partial charge in [0.05, 0.1) is 13.0 Å². The molecule has 5 nitrogen and oxygen atoms in total. The Hall–Kier alpha value is -2.96. The van der Waals surface area contributed by atoms with Crippen molar-refractivity contribution in [1.29, 1.82) is 0 Å². The number of benzene rings is 2. The van der Waals surface area contributed by atoms with Crippen molar-refractivity contribution in [2.45, 2.75) is 6.42 Å². The van der Waals surface area contributed by atoms with Gasteiger partial charge in [-0.1, -0.05) is 0 Å². The predicted octanol–water partition coefficient (Wildman–Crippen LogP) is 2.97. The SMILES string of the molecule is COc1ccc(N2CC(C(=O)Nc3cc(F)cc(F)c3)CC2=O)cc1. The van der Waals surface area contributed by atoms with Crippen LogP contribution >= 0.6 is 0 Å². The number of nitrogens with zero attached hydrogens (tertiary/aromatic N) is 1. The number of amides is 2. The first-order chi connectivity index (χ1) is 12.0. The highest BCUT2D eigenvalue weighted by molar-refractivity contribution is 6.03. The average molecular weight is 346 g/mol. The van der Waals surface area contributed by atoms with Crippen LogP contribution < -0.4 is 15.0 Å². The molecule has 0 spiro atoms. The predicted molar refractivity (Wildman–Crippen MR) is 88.4 cm³/mol. The molecule has 0 aromatic heterocycles. The third-order valence-corrected chi connectivity index (χ3v) is 4.01. The smallest absolute Gasteiger partial charge is 0.229 e. The fraction of sp³-hybridized carbons (Fsp3) is 0.222. The summed E-state index contributed by atoms with van der Waals surface area (Å²) >= 11 is 0. The molecule has 130 valence electrons. The summed E-state index contributed by atoms with van der Waals surface area (Å²) in [5, 5.41) is 2.46. The number of rotatable bonds is 4. The van der Waals surface area contributed by atoms with Gasteiger partial charge in [-0.25, -0.2) is 8.78 Å². The van der Waals surface area contributed by atoms with Crippen LogP contribution in [0.4, 0.5) is 20.2 Å². The second-order valence-corrected chi connectivity index (χ2v) is 5.75. The highest BCUT2D eigenvalue weighted by Crippen LogP contribution is 2.27. The number of hydrogen-bond donors (Lipinski definition) is 1. The molecule has 3 rings (SSSR count). The molecule has 1 heterocycles. The van der Waals surface area contributed by atoms with E-state index in [1.165, 1.54) is 4.90 Å². The monoisotopic (exact) mass is 346 g/mol. The molecule has 0 aliphatic carbocycles. The van der Waals surface area contributed by atoms with Crippen LogP contribution in [0.3, 0.4) is 0 Å². The normalized spacial score (nSPS) is 16.8. The van der Waals surface area contributed by atoms with Crippen molar-refractivity contribution >= 4 is 23.2 Å². The molecule has 25 heavy (non-hydrogen) atoms. The Morgan fingerprint density at radius 2 is 1.80 bits per heavy atom.